The highest BCUT2D eigenvalue weighted by Crippen LogP contribution is 2.38. The minimum absolute atomic E-state index is 0.0446. The summed E-state index contributed by atoms with van der Waals surface area (Å²) < 4.78 is 32.0. The van der Waals surface area contributed by atoms with Crippen molar-refractivity contribution in [3.63, 3.8) is 0 Å². The van der Waals surface area contributed by atoms with Crippen LogP contribution in [0.25, 0.3) is 11.0 Å². The lowest BCUT2D eigenvalue weighted by molar-refractivity contribution is -0.141. The predicted molar refractivity (Wildman–Crippen MR) is 140 cm³/mol. The molecule has 1 saturated heterocycles. The first-order valence-electron chi connectivity index (χ1n) is 13.2. The van der Waals surface area contributed by atoms with Crippen molar-refractivity contribution in [3.05, 3.63) is 65.7 Å². The lowest BCUT2D eigenvalue weighted by Crippen LogP contribution is -2.48. The number of fused-ring (bicyclic) bond motifs is 1. The van der Waals surface area contributed by atoms with Crippen LogP contribution in [0.4, 0.5) is 14.5 Å². The maximum absolute atomic E-state index is 13.7. The van der Waals surface area contributed by atoms with Crippen LogP contribution in [0.1, 0.15) is 54.1 Å². The number of hydrogen-bond acceptors (Lipinski definition) is 5. The number of amides is 2. The van der Waals surface area contributed by atoms with Crippen LogP contribution in [-0.2, 0) is 9.59 Å². The number of anilines is 1. The van der Waals surface area contributed by atoms with Gasteiger partial charge in [-0.2, -0.15) is 0 Å². The van der Waals surface area contributed by atoms with E-state index in [-0.39, 0.29) is 41.1 Å². The van der Waals surface area contributed by atoms with Crippen molar-refractivity contribution in [1.29, 1.82) is 0 Å². The molecule has 2 fully saturated rings. The van der Waals surface area contributed by atoms with Gasteiger partial charge in [-0.05, 0) is 80.0 Å². The van der Waals surface area contributed by atoms with Gasteiger partial charge in [0.1, 0.15) is 24.1 Å². The molecule has 0 bridgehead atoms. The van der Waals surface area contributed by atoms with Crippen LogP contribution in [-0.4, -0.2) is 53.1 Å². The number of likely N-dealkylation sites (tertiary alicyclic amines) is 1. The summed E-state index contributed by atoms with van der Waals surface area (Å²) in [4.78, 5) is 40.3. The Kier molecular flexibility index (Phi) is 7.65. The van der Waals surface area contributed by atoms with Gasteiger partial charge in [-0.15, -0.1) is 0 Å². The summed E-state index contributed by atoms with van der Waals surface area (Å²) in [7, 11) is 0. The Bertz CT molecular complexity index is 1370. The van der Waals surface area contributed by atoms with Crippen LogP contribution < -0.4 is 11.1 Å². The SMILES string of the molecule is NC(CF)[C@H]1CC[C@H](C(=O)N2CC[C@@H](c3ccc(F)cc3)[C@H]2C(=O)Nc2ccc3oc(C(=O)O)cc3c2)CC1. The molecule has 2 amide bonds. The minimum Gasteiger partial charge on any atom is -0.475 e. The molecule has 3 atom stereocenters. The smallest absolute Gasteiger partial charge is 0.371 e. The fraction of sp³-hybridized carbons (Fsp3) is 0.414. The number of benzene rings is 2. The van der Waals surface area contributed by atoms with E-state index in [2.05, 4.69) is 5.32 Å². The first-order chi connectivity index (χ1) is 18.7. The number of aromatic carboxylic acids is 1. The molecule has 1 aliphatic heterocycles. The van der Waals surface area contributed by atoms with Gasteiger partial charge in [0.05, 0.1) is 0 Å². The van der Waals surface area contributed by atoms with E-state index in [4.69, 9.17) is 10.2 Å². The molecule has 8 nitrogen and oxygen atoms in total. The minimum atomic E-state index is -1.19. The number of carboxylic acids is 1. The van der Waals surface area contributed by atoms with E-state index in [1.165, 1.54) is 18.2 Å². The summed E-state index contributed by atoms with van der Waals surface area (Å²) in [5, 5.41) is 12.6. The molecule has 10 heteroatoms. The van der Waals surface area contributed by atoms with Crippen molar-refractivity contribution in [2.24, 2.45) is 17.6 Å². The van der Waals surface area contributed by atoms with Gasteiger partial charge in [-0.3, -0.25) is 9.59 Å². The number of carbonyl (C=O) groups excluding carboxylic acids is 2. The van der Waals surface area contributed by atoms with Crippen LogP contribution in [0.5, 0.6) is 0 Å². The van der Waals surface area contributed by atoms with Crippen LogP contribution in [0, 0.1) is 17.7 Å². The highest BCUT2D eigenvalue weighted by molar-refractivity contribution is 6.00. The zero-order valence-electron chi connectivity index (χ0n) is 21.3. The lowest BCUT2D eigenvalue weighted by Gasteiger charge is -2.35. The Morgan fingerprint density at radius 2 is 1.77 bits per heavy atom. The van der Waals surface area contributed by atoms with Crippen molar-refractivity contribution < 1.29 is 32.7 Å². The molecule has 1 aliphatic carbocycles. The van der Waals surface area contributed by atoms with E-state index in [9.17, 15) is 28.3 Å². The number of nitrogens with zero attached hydrogens (tertiary/aromatic N) is 1. The van der Waals surface area contributed by atoms with Gasteiger partial charge < -0.3 is 25.5 Å². The Balaban J connectivity index is 1.38. The monoisotopic (exact) mass is 539 g/mol. The van der Waals surface area contributed by atoms with Gasteiger partial charge in [-0.1, -0.05) is 12.1 Å². The topological polar surface area (TPSA) is 126 Å². The van der Waals surface area contributed by atoms with Crippen molar-refractivity contribution >= 4 is 34.4 Å². The normalized spacial score (nSPS) is 24.0. The molecular formula is C29H31F2N3O5. The first kappa shape index (κ1) is 26.8. The molecule has 2 aromatic carbocycles. The highest BCUT2D eigenvalue weighted by Gasteiger charge is 2.44. The van der Waals surface area contributed by atoms with Gasteiger partial charge in [0.15, 0.2) is 0 Å². The fourth-order valence-corrected chi connectivity index (χ4v) is 6.02. The second kappa shape index (κ2) is 11.1. The maximum atomic E-state index is 13.7. The molecule has 0 spiro atoms. The van der Waals surface area contributed by atoms with E-state index >= 15 is 0 Å². The van der Waals surface area contributed by atoms with E-state index in [1.54, 1.807) is 35.2 Å². The van der Waals surface area contributed by atoms with E-state index in [0.717, 1.165) is 5.56 Å². The van der Waals surface area contributed by atoms with Crippen molar-refractivity contribution in [2.45, 2.75) is 50.1 Å². The second-order valence-electron chi connectivity index (χ2n) is 10.5. The molecular weight excluding hydrogens is 508 g/mol. The summed E-state index contributed by atoms with van der Waals surface area (Å²) in [6.45, 7) is -0.204. The standard InChI is InChI=1S/C29H31F2N3O5/c30-15-23(32)17-1-3-18(4-2-17)28(36)34-12-11-22(16-5-7-20(31)8-6-16)26(34)27(35)33-21-9-10-24-19(13-21)14-25(39-24)29(37)38/h5-10,13-14,17-18,22-23,26H,1-4,11-12,15,32H2,(H,33,35)(H,37,38)/t17-,18-,22-,23?,26-/m0/s1. The van der Waals surface area contributed by atoms with Crippen LogP contribution in [0.2, 0.25) is 0 Å². The number of carboxylic acid groups (broad SMARTS) is 1. The van der Waals surface area contributed by atoms with Crippen LogP contribution >= 0.6 is 0 Å². The Hall–Kier alpha value is -3.79. The van der Waals surface area contributed by atoms with Crippen molar-refractivity contribution in [2.75, 3.05) is 18.5 Å². The molecule has 0 radical (unpaired) electrons. The molecule has 1 saturated carbocycles. The first-order valence-corrected chi connectivity index (χ1v) is 13.2. The molecule has 2 aliphatic rings. The Labute approximate surface area is 224 Å². The zero-order chi connectivity index (χ0) is 27.7. The maximum Gasteiger partial charge on any atom is 0.371 e. The van der Waals surface area contributed by atoms with E-state index < -0.39 is 24.7 Å². The van der Waals surface area contributed by atoms with Crippen molar-refractivity contribution in [1.82, 2.24) is 4.90 Å². The lowest BCUT2D eigenvalue weighted by atomic mass is 9.78. The second-order valence-corrected chi connectivity index (χ2v) is 10.5. The third-order valence-electron chi connectivity index (χ3n) is 8.15. The van der Waals surface area contributed by atoms with Crippen LogP contribution in [0.3, 0.4) is 0 Å². The largest absolute Gasteiger partial charge is 0.475 e. The number of halogens is 2. The summed E-state index contributed by atoms with van der Waals surface area (Å²) in [5.41, 5.74) is 7.45. The summed E-state index contributed by atoms with van der Waals surface area (Å²) in [5.74, 6) is -2.84. The Morgan fingerprint density at radius 1 is 1.05 bits per heavy atom. The highest BCUT2D eigenvalue weighted by atomic mass is 19.1. The number of hydrogen-bond donors (Lipinski definition) is 3. The third kappa shape index (κ3) is 5.52. The number of rotatable bonds is 7. The molecule has 5 rings (SSSR count). The summed E-state index contributed by atoms with van der Waals surface area (Å²) in [6.07, 6.45) is 3.05. The average molecular weight is 540 g/mol. The number of furan rings is 1. The fourth-order valence-electron chi connectivity index (χ4n) is 6.02. The van der Waals surface area contributed by atoms with Gasteiger partial charge in [0.25, 0.3) is 0 Å². The average Bonchev–Trinajstić information content (AvgIpc) is 3.57. The predicted octanol–water partition coefficient (Wildman–Crippen LogP) is 4.70. The number of nitrogens with two attached hydrogens (primary N) is 1. The molecule has 206 valence electrons. The Morgan fingerprint density at radius 3 is 2.44 bits per heavy atom. The molecule has 1 aromatic heterocycles. The number of carbonyl (C=O) groups is 3. The van der Waals surface area contributed by atoms with E-state index in [1.807, 2.05) is 0 Å². The van der Waals surface area contributed by atoms with Crippen molar-refractivity contribution in [3.8, 4) is 0 Å². The molecule has 3 aromatic rings. The summed E-state index contributed by atoms with van der Waals surface area (Å²) >= 11 is 0. The summed E-state index contributed by atoms with van der Waals surface area (Å²) in [6, 6.07) is 10.8. The quantitative estimate of drug-likeness (QED) is 0.400. The molecule has 4 N–H and O–H groups in total. The molecule has 2 heterocycles. The van der Waals surface area contributed by atoms with Gasteiger partial charge in [0, 0.05) is 35.5 Å². The number of alkyl halides is 1. The van der Waals surface area contributed by atoms with Gasteiger partial charge in [-0.25, -0.2) is 13.6 Å². The van der Waals surface area contributed by atoms with Gasteiger partial charge in [0.2, 0.25) is 17.6 Å². The molecule has 39 heavy (non-hydrogen) atoms. The number of nitrogens with one attached hydrogen (secondary N) is 1. The van der Waals surface area contributed by atoms with Gasteiger partial charge >= 0.3 is 5.97 Å². The zero-order valence-corrected chi connectivity index (χ0v) is 21.3. The molecule has 1 unspecified atom stereocenters. The third-order valence-corrected chi connectivity index (χ3v) is 8.15. The van der Waals surface area contributed by atoms with Crippen LogP contribution in [0.15, 0.2) is 52.9 Å². The van der Waals surface area contributed by atoms with E-state index in [0.29, 0.717) is 55.3 Å².